The summed E-state index contributed by atoms with van der Waals surface area (Å²) in [5.74, 6) is 0.326. The van der Waals surface area contributed by atoms with Gasteiger partial charge in [-0.2, -0.15) is 8.42 Å². The van der Waals surface area contributed by atoms with E-state index in [0.29, 0.717) is 25.2 Å². The second-order valence-corrected chi connectivity index (χ2v) is 8.11. The molecule has 0 saturated heterocycles. The minimum atomic E-state index is -3.41. The Balaban J connectivity index is 2.36. The monoisotopic (exact) mass is 387 g/mol. The summed E-state index contributed by atoms with van der Waals surface area (Å²) in [6, 6.07) is 3.17. The van der Waals surface area contributed by atoms with E-state index in [4.69, 9.17) is 14.9 Å². The van der Waals surface area contributed by atoms with E-state index in [1.165, 1.54) is 6.20 Å². The second-order valence-electron chi connectivity index (χ2n) is 6.46. The van der Waals surface area contributed by atoms with Gasteiger partial charge in [0.25, 0.3) is 10.1 Å². The molecule has 9 nitrogen and oxygen atoms in total. The topological polar surface area (TPSA) is 128 Å². The van der Waals surface area contributed by atoms with Crippen molar-refractivity contribution in [3.8, 4) is 5.75 Å². The highest BCUT2D eigenvalue weighted by Gasteiger charge is 2.17. The lowest BCUT2D eigenvalue weighted by molar-refractivity contribution is 0.0563. The molecule has 0 atom stereocenters. The third-order valence-corrected chi connectivity index (χ3v) is 3.32. The zero-order valence-corrected chi connectivity index (χ0v) is 16.2. The van der Waals surface area contributed by atoms with Crippen LogP contribution in [-0.4, -0.2) is 50.4 Å². The Hall–Kier alpha value is -2.20. The van der Waals surface area contributed by atoms with Crippen molar-refractivity contribution in [1.82, 2.24) is 10.3 Å². The largest absolute Gasteiger partial charge is 0.492 e. The van der Waals surface area contributed by atoms with Crippen LogP contribution in [0.2, 0.25) is 0 Å². The van der Waals surface area contributed by atoms with Gasteiger partial charge in [-0.3, -0.25) is 14.9 Å². The van der Waals surface area contributed by atoms with Gasteiger partial charge in [-0.05, 0) is 45.7 Å². The van der Waals surface area contributed by atoms with E-state index >= 15 is 0 Å². The predicted molar refractivity (Wildman–Crippen MR) is 96.0 cm³/mol. The molecule has 0 bridgehead atoms. The number of carbonyl (C=O) groups is 1. The van der Waals surface area contributed by atoms with Gasteiger partial charge in [-0.25, -0.2) is 9.78 Å². The van der Waals surface area contributed by atoms with Crippen LogP contribution in [0.5, 0.6) is 5.75 Å². The Morgan fingerprint density at radius 2 is 1.88 bits per heavy atom. The number of ether oxygens (including phenoxy) is 2. The summed E-state index contributed by atoms with van der Waals surface area (Å²) in [5, 5.41) is 10.1. The van der Waals surface area contributed by atoms with Crippen LogP contribution < -0.4 is 10.1 Å². The van der Waals surface area contributed by atoms with Crippen LogP contribution in [0.4, 0.5) is 4.79 Å². The Bertz CT molecular complexity index is 710. The van der Waals surface area contributed by atoms with Crippen LogP contribution in [-0.2, 0) is 19.0 Å². The number of carbonyl (C=O) groups excluding carboxylic acids is 1. The number of aromatic nitrogens is 1. The molecule has 0 fully saturated rings. The molecule has 1 amide bonds. The number of alkyl carbamates (subject to hydrolysis) is 1. The zero-order chi connectivity index (χ0) is 19.8. The van der Waals surface area contributed by atoms with E-state index in [1.807, 2.05) is 0 Å². The minimum absolute atomic E-state index is 0.118. The smallest absolute Gasteiger partial charge is 0.413 e. The average molecular weight is 387 g/mol. The lowest BCUT2D eigenvalue weighted by Gasteiger charge is -2.19. The number of nitrogens with one attached hydrogen (secondary N) is 2. The number of hydrogen-bond donors (Lipinski definition) is 2. The Kier molecular flexibility index (Phi) is 7.97. The summed E-state index contributed by atoms with van der Waals surface area (Å²) < 4.78 is 36.7. The normalized spacial score (nSPS) is 11.7. The lowest BCUT2D eigenvalue weighted by Crippen LogP contribution is -2.36. The molecule has 1 heterocycles. The molecule has 10 heteroatoms. The van der Waals surface area contributed by atoms with Crippen molar-refractivity contribution in [2.24, 2.45) is 0 Å². The summed E-state index contributed by atoms with van der Waals surface area (Å²) >= 11 is 0. The van der Waals surface area contributed by atoms with Crippen molar-refractivity contribution in [3.05, 3.63) is 24.0 Å². The van der Waals surface area contributed by atoms with Gasteiger partial charge < -0.3 is 9.47 Å². The van der Waals surface area contributed by atoms with Crippen molar-refractivity contribution in [2.75, 3.05) is 19.5 Å². The van der Waals surface area contributed by atoms with Gasteiger partial charge in [0.15, 0.2) is 5.84 Å². The number of unbranched alkanes of at least 4 members (excludes halogenated alkanes) is 1. The van der Waals surface area contributed by atoms with Crippen molar-refractivity contribution in [2.45, 2.75) is 39.2 Å². The SMILES string of the molecule is CC(C)(C)OC(=O)NC(=N)c1ccc(OCCCCOS(C)(=O)=O)cn1. The van der Waals surface area contributed by atoms with E-state index in [-0.39, 0.29) is 18.1 Å². The second kappa shape index (κ2) is 9.48. The molecule has 1 aromatic rings. The molecule has 2 N–H and O–H groups in total. The van der Waals surface area contributed by atoms with Crippen LogP contribution in [0.3, 0.4) is 0 Å². The maximum absolute atomic E-state index is 11.6. The maximum atomic E-state index is 11.6. The summed E-state index contributed by atoms with van der Waals surface area (Å²) in [4.78, 5) is 15.7. The first kappa shape index (κ1) is 21.8. The van der Waals surface area contributed by atoms with Crippen LogP contribution in [0, 0.1) is 5.41 Å². The quantitative estimate of drug-likeness (QED) is 0.302. The summed E-state index contributed by atoms with van der Waals surface area (Å²) in [5.41, 5.74) is -0.383. The molecular weight excluding hydrogens is 362 g/mol. The lowest BCUT2D eigenvalue weighted by atomic mass is 10.2. The van der Waals surface area contributed by atoms with Gasteiger partial charge in [-0.15, -0.1) is 0 Å². The van der Waals surface area contributed by atoms with Gasteiger partial charge in [0.05, 0.1) is 25.7 Å². The number of pyridine rings is 1. The van der Waals surface area contributed by atoms with Gasteiger partial charge in [0.1, 0.15) is 17.0 Å². The van der Waals surface area contributed by atoms with Crippen LogP contribution in [0.25, 0.3) is 0 Å². The first-order valence-electron chi connectivity index (χ1n) is 7.98. The highest BCUT2D eigenvalue weighted by Crippen LogP contribution is 2.11. The summed E-state index contributed by atoms with van der Waals surface area (Å²) in [7, 11) is -3.41. The maximum Gasteiger partial charge on any atom is 0.413 e. The van der Waals surface area contributed by atoms with E-state index in [1.54, 1.807) is 32.9 Å². The molecule has 0 saturated carbocycles. The van der Waals surface area contributed by atoms with E-state index in [0.717, 1.165) is 6.26 Å². The Labute approximate surface area is 153 Å². The fourth-order valence-electron chi connectivity index (χ4n) is 1.69. The Morgan fingerprint density at radius 3 is 2.42 bits per heavy atom. The standard InChI is InChI=1S/C16H25N3O6S/c1-16(2,3)25-15(20)19-14(17)13-8-7-12(11-18-13)23-9-5-6-10-24-26(4,21)22/h7-8,11H,5-6,9-10H2,1-4H3,(H2,17,19,20). The highest BCUT2D eigenvalue weighted by atomic mass is 32.2. The molecule has 0 unspecified atom stereocenters. The van der Waals surface area contributed by atoms with Crippen LogP contribution >= 0.6 is 0 Å². The van der Waals surface area contributed by atoms with Crippen molar-refractivity contribution in [3.63, 3.8) is 0 Å². The number of nitrogens with zero attached hydrogens (tertiary/aromatic N) is 1. The molecular formula is C16H25N3O6S. The van der Waals surface area contributed by atoms with Crippen molar-refractivity contribution in [1.29, 1.82) is 5.41 Å². The van der Waals surface area contributed by atoms with E-state index < -0.39 is 21.8 Å². The van der Waals surface area contributed by atoms with Crippen molar-refractivity contribution < 1.29 is 26.9 Å². The first-order valence-corrected chi connectivity index (χ1v) is 9.80. The molecule has 0 radical (unpaired) electrons. The molecule has 146 valence electrons. The zero-order valence-electron chi connectivity index (χ0n) is 15.4. The molecule has 26 heavy (non-hydrogen) atoms. The first-order chi connectivity index (χ1) is 12.0. The number of hydrogen-bond acceptors (Lipinski definition) is 8. The van der Waals surface area contributed by atoms with Crippen LogP contribution in [0.15, 0.2) is 18.3 Å². The highest BCUT2D eigenvalue weighted by molar-refractivity contribution is 7.85. The fraction of sp³-hybridized carbons (Fsp3) is 0.562. The molecule has 0 aliphatic carbocycles. The fourth-order valence-corrected chi connectivity index (χ4v) is 2.11. The third kappa shape index (κ3) is 9.94. The van der Waals surface area contributed by atoms with E-state index in [2.05, 4.69) is 14.5 Å². The molecule has 0 aromatic carbocycles. The van der Waals surface area contributed by atoms with Gasteiger partial charge in [0.2, 0.25) is 0 Å². The summed E-state index contributed by atoms with van der Waals surface area (Å²) in [6.45, 7) is 5.68. The third-order valence-electron chi connectivity index (χ3n) is 2.72. The minimum Gasteiger partial charge on any atom is -0.492 e. The molecule has 0 aliphatic rings. The van der Waals surface area contributed by atoms with Gasteiger partial charge >= 0.3 is 6.09 Å². The molecule has 0 aliphatic heterocycles. The number of amidine groups is 1. The molecule has 1 rings (SSSR count). The number of rotatable bonds is 8. The van der Waals surface area contributed by atoms with Gasteiger partial charge in [-0.1, -0.05) is 0 Å². The predicted octanol–water partition coefficient (Wildman–Crippen LogP) is 2.07. The Morgan fingerprint density at radius 1 is 1.23 bits per heavy atom. The van der Waals surface area contributed by atoms with E-state index in [9.17, 15) is 13.2 Å². The molecule has 1 aromatic heterocycles. The number of amides is 1. The summed E-state index contributed by atoms with van der Waals surface area (Å²) in [6.07, 6.45) is 2.89. The van der Waals surface area contributed by atoms with Gasteiger partial charge in [0, 0.05) is 0 Å². The van der Waals surface area contributed by atoms with Crippen LogP contribution in [0.1, 0.15) is 39.3 Å². The molecule has 0 spiro atoms. The average Bonchev–Trinajstić information content (AvgIpc) is 2.48. The van der Waals surface area contributed by atoms with Crippen molar-refractivity contribution >= 4 is 22.0 Å².